The average molecular weight is 744 g/mol. The largest absolute Gasteiger partial charge is 0.514 e. The molecule has 15 radical (unpaired) electrons. The summed E-state index contributed by atoms with van der Waals surface area (Å²) in [5, 5.41) is 27.0. The molecule has 0 spiro atoms. The molecule has 3 saturated carbocycles. The molecule has 0 unspecified atom stereocenters. The van der Waals surface area contributed by atoms with Gasteiger partial charge in [-0.05, 0) is 94.7 Å². The Balaban J connectivity index is 0.910. The fourth-order valence-electron chi connectivity index (χ4n) is 5.52. The second-order valence-electron chi connectivity index (χ2n) is 12.5. The van der Waals surface area contributed by atoms with E-state index in [0.717, 1.165) is 17.8 Å². The zero-order valence-electron chi connectivity index (χ0n) is 29.4. The molecule has 3 fully saturated rings. The van der Waals surface area contributed by atoms with Gasteiger partial charge in [-0.3, -0.25) is 14.0 Å². The van der Waals surface area contributed by atoms with Crippen LogP contribution in [0.3, 0.4) is 0 Å². The first-order valence-corrected chi connectivity index (χ1v) is 17.2. The van der Waals surface area contributed by atoms with E-state index in [-0.39, 0.29) is 32.0 Å². The van der Waals surface area contributed by atoms with Crippen molar-refractivity contribution < 1.29 is 33.3 Å². The summed E-state index contributed by atoms with van der Waals surface area (Å²) >= 11 is 0. The number of carbonyl (C=O) groups is 3. The molecular formula is C38H35N10O7. The summed E-state index contributed by atoms with van der Waals surface area (Å²) in [7, 11) is 0. The minimum atomic E-state index is -1.15. The number of nitrogens with zero attached hydrogens (tertiary/aromatic N) is 9. The van der Waals surface area contributed by atoms with Gasteiger partial charge in [-0.15, -0.1) is 15.3 Å². The van der Waals surface area contributed by atoms with Crippen molar-refractivity contribution in [2.24, 2.45) is 0 Å². The van der Waals surface area contributed by atoms with Crippen LogP contribution in [0, 0.1) is 94.8 Å². The predicted molar refractivity (Wildman–Crippen MR) is 189 cm³/mol. The molecule has 1 amide bonds. The number of rotatable bonds is 17. The third-order valence-corrected chi connectivity index (χ3v) is 8.18. The van der Waals surface area contributed by atoms with Crippen molar-refractivity contribution >= 4 is 18.2 Å². The minimum Gasteiger partial charge on any atom is -0.457 e. The van der Waals surface area contributed by atoms with E-state index in [2.05, 4.69) is 36.3 Å². The molecule has 17 nitrogen and oxygen atoms in total. The molecule has 4 aromatic rings. The Hall–Kier alpha value is -5.35. The van der Waals surface area contributed by atoms with Crippen LogP contribution in [0.2, 0.25) is 0 Å². The molecule has 3 aliphatic rings. The van der Waals surface area contributed by atoms with Gasteiger partial charge in [0.15, 0.2) is 0 Å². The Bertz CT molecular complexity index is 1840. The van der Waals surface area contributed by atoms with Crippen LogP contribution in [-0.4, -0.2) is 69.2 Å². The highest BCUT2D eigenvalue weighted by Gasteiger charge is 2.26. The summed E-state index contributed by atoms with van der Waals surface area (Å²) < 4.78 is 26.3. The fraction of sp³-hybridized carbons (Fsp3) is 0.211. The highest BCUT2D eigenvalue weighted by molar-refractivity contribution is 5.81. The molecule has 0 aliphatic heterocycles. The molecular weight excluding hydrogens is 708 g/mol. The number of esters is 1. The topological polar surface area (TPSA) is 192 Å². The third kappa shape index (κ3) is 11.6. The van der Waals surface area contributed by atoms with E-state index < -0.39 is 24.3 Å². The number of amides is 1. The monoisotopic (exact) mass is 743 g/mol. The van der Waals surface area contributed by atoms with Gasteiger partial charge >= 0.3 is 18.2 Å². The number of aromatic nitrogens is 9. The highest BCUT2D eigenvalue weighted by atomic mass is 16.7. The van der Waals surface area contributed by atoms with Gasteiger partial charge in [-0.2, -0.15) is 0 Å². The second kappa shape index (κ2) is 18.8. The normalized spacial score (nSPS) is 17.0. The zero-order chi connectivity index (χ0) is 37.8. The summed E-state index contributed by atoms with van der Waals surface area (Å²) in [5.74, 6) is 2.67. The van der Waals surface area contributed by atoms with E-state index in [9.17, 15) is 14.4 Å². The van der Waals surface area contributed by atoms with Crippen molar-refractivity contribution in [3.05, 3.63) is 160 Å². The Morgan fingerprint density at radius 3 is 1.49 bits per heavy atom. The van der Waals surface area contributed by atoms with Gasteiger partial charge in [0.1, 0.15) is 48.7 Å². The molecule has 3 aliphatic carbocycles. The summed E-state index contributed by atoms with van der Waals surface area (Å²) in [4.78, 5) is 38.7. The fourth-order valence-corrected chi connectivity index (χ4v) is 5.52. The van der Waals surface area contributed by atoms with Gasteiger partial charge in [0, 0.05) is 43.8 Å². The van der Waals surface area contributed by atoms with Gasteiger partial charge in [-0.25, -0.2) is 14.4 Å². The van der Waals surface area contributed by atoms with E-state index in [1.165, 1.54) is 12.1 Å². The van der Waals surface area contributed by atoms with Gasteiger partial charge < -0.3 is 24.3 Å². The highest BCUT2D eigenvalue weighted by Crippen LogP contribution is 2.26. The van der Waals surface area contributed by atoms with Gasteiger partial charge in [0.25, 0.3) is 0 Å². The summed E-state index contributed by atoms with van der Waals surface area (Å²) in [5.41, 5.74) is 1.95. The average Bonchev–Trinajstić information content (AvgIpc) is 4.04. The van der Waals surface area contributed by atoms with Crippen LogP contribution in [0.25, 0.3) is 0 Å². The quantitative estimate of drug-likeness (QED) is 0.0944. The van der Waals surface area contributed by atoms with Gasteiger partial charge in [0.2, 0.25) is 0 Å². The van der Waals surface area contributed by atoms with Crippen LogP contribution in [0.4, 0.5) is 9.59 Å². The van der Waals surface area contributed by atoms with Crippen LogP contribution in [0.5, 0.6) is 5.75 Å². The lowest BCUT2D eigenvalue weighted by Gasteiger charge is -2.17. The maximum absolute atomic E-state index is 13.4. The molecule has 279 valence electrons. The van der Waals surface area contributed by atoms with Crippen LogP contribution in [-0.2, 0) is 64.9 Å². The van der Waals surface area contributed by atoms with E-state index in [1.54, 1.807) is 44.8 Å². The Morgan fingerprint density at radius 1 is 0.582 bits per heavy atom. The predicted octanol–water partition coefficient (Wildman–Crippen LogP) is 2.97. The van der Waals surface area contributed by atoms with Crippen LogP contribution >= 0.6 is 0 Å². The molecule has 55 heavy (non-hydrogen) atoms. The van der Waals surface area contributed by atoms with Gasteiger partial charge in [0.05, 0.1) is 18.6 Å². The molecule has 1 aromatic carbocycles. The first kappa shape index (κ1) is 37.9. The van der Waals surface area contributed by atoms with E-state index in [1.807, 2.05) is 77.0 Å². The Morgan fingerprint density at radius 2 is 1.02 bits per heavy atom. The lowest BCUT2D eigenvalue weighted by Crippen LogP contribution is -2.43. The lowest BCUT2D eigenvalue weighted by atomic mass is 10.1. The number of nitrogens with one attached hydrogen (secondary N) is 1. The number of carbonyl (C=O) groups excluding carboxylic acids is 3. The SMILES string of the molecule is O=C(N[C@@H](Cc1ccc(OC(=O)OCc2cn(C[C]3[CH][CH][CH][CH]3)nn2)cc1)C(=O)OCc1cn(C[C]2[CH][CH][CH][CH]2)nn1)OCc1cn(C[C]2[CH][CH][CH][CH]2)nn1. The number of hydrogen-bond donors (Lipinski definition) is 1. The smallest absolute Gasteiger partial charge is 0.457 e. The van der Waals surface area contributed by atoms with Crippen molar-refractivity contribution in [1.82, 2.24) is 50.3 Å². The Kier molecular flexibility index (Phi) is 13.0. The van der Waals surface area contributed by atoms with Crippen molar-refractivity contribution in [3.63, 3.8) is 0 Å². The molecule has 3 aromatic heterocycles. The van der Waals surface area contributed by atoms with Crippen molar-refractivity contribution in [2.45, 2.75) is 51.9 Å². The van der Waals surface area contributed by atoms with E-state index in [0.29, 0.717) is 42.3 Å². The molecule has 0 bridgehead atoms. The molecule has 17 heteroatoms. The van der Waals surface area contributed by atoms with Crippen LogP contribution in [0.15, 0.2) is 42.9 Å². The number of alkyl carbamates (subject to hydrolysis) is 1. The zero-order valence-corrected chi connectivity index (χ0v) is 29.4. The van der Waals surface area contributed by atoms with Crippen molar-refractivity contribution in [1.29, 1.82) is 0 Å². The van der Waals surface area contributed by atoms with Crippen LogP contribution < -0.4 is 10.1 Å². The first-order valence-electron chi connectivity index (χ1n) is 17.2. The lowest BCUT2D eigenvalue weighted by molar-refractivity contribution is -0.147. The Labute approximate surface area is 319 Å². The minimum absolute atomic E-state index is 0.0263. The van der Waals surface area contributed by atoms with Crippen molar-refractivity contribution in [3.8, 4) is 5.75 Å². The van der Waals surface area contributed by atoms with Crippen molar-refractivity contribution in [2.75, 3.05) is 0 Å². The number of hydrogen-bond acceptors (Lipinski definition) is 13. The maximum atomic E-state index is 13.4. The molecule has 1 atom stereocenters. The van der Waals surface area contributed by atoms with E-state index in [4.69, 9.17) is 18.9 Å². The molecule has 0 saturated heterocycles. The van der Waals surface area contributed by atoms with Crippen LogP contribution in [0.1, 0.15) is 22.6 Å². The maximum Gasteiger partial charge on any atom is 0.514 e. The number of benzene rings is 1. The molecule has 3 heterocycles. The summed E-state index contributed by atoms with van der Waals surface area (Å²) in [6.07, 6.45) is 26.7. The summed E-state index contributed by atoms with van der Waals surface area (Å²) in [6.45, 7) is 1.12. The third-order valence-electron chi connectivity index (χ3n) is 8.18. The van der Waals surface area contributed by atoms with E-state index >= 15 is 0 Å². The van der Waals surface area contributed by atoms with Gasteiger partial charge in [-0.1, -0.05) is 27.8 Å². The first-order chi connectivity index (χ1) is 26.9. The standard InChI is InChI=1S/C38H35N10O7/c49-36(52-24-31-21-46(43-40-31)18-28-7-1-2-8-28)35(39-37(50)53-25-32-22-47(44-41-32)19-29-9-3-4-10-29)17-27-13-15-34(16-14-27)55-38(51)54-26-33-23-48(45-42-33)20-30-11-5-6-12-30/h1-16,21-23,35H,17-20,24-26H2,(H,39,50)/t35-/m0/s1. The number of ether oxygens (including phenoxy) is 4. The summed E-state index contributed by atoms with van der Waals surface area (Å²) in [6, 6.07) is 5.22. The molecule has 1 N–H and O–H groups in total. The molecule has 7 rings (SSSR count). The second-order valence-corrected chi connectivity index (χ2v) is 12.5.